The number of nitrogens with one attached hydrogen (secondary N) is 1. The van der Waals surface area contributed by atoms with Crippen molar-refractivity contribution in [3.8, 4) is 0 Å². The fraction of sp³-hybridized carbons (Fsp3) is 0.444. The minimum absolute atomic E-state index is 0.212. The molecule has 0 unspecified atom stereocenters. The van der Waals surface area contributed by atoms with Crippen LogP contribution in [0.15, 0.2) is 17.2 Å². The summed E-state index contributed by atoms with van der Waals surface area (Å²) in [5, 5.41) is 8.92. The lowest BCUT2D eigenvalue weighted by Crippen LogP contribution is -2.31. The van der Waals surface area contributed by atoms with E-state index >= 15 is 0 Å². The molecule has 1 rings (SSSR count). The van der Waals surface area contributed by atoms with Gasteiger partial charge < -0.3 is 9.67 Å². The topological polar surface area (TPSA) is 88.4 Å². The van der Waals surface area contributed by atoms with E-state index in [1.807, 2.05) is 0 Å². The third kappa shape index (κ3) is 2.42. The lowest BCUT2D eigenvalue weighted by atomic mass is 10.4. The molecule has 2 N–H and O–H groups in total. The Bertz CT molecular complexity index is 502. The number of carboxylic acid groups (broad SMARTS) is 1. The molecule has 0 radical (unpaired) electrons. The Balaban J connectivity index is 3.29. The molecule has 7 heteroatoms. The molecule has 0 saturated heterocycles. The fourth-order valence-corrected chi connectivity index (χ4v) is 2.83. The Morgan fingerprint density at radius 1 is 1.50 bits per heavy atom. The van der Waals surface area contributed by atoms with Crippen molar-refractivity contribution in [2.45, 2.75) is 24.8 Å². The molecule has 0 spiro atoms. The van der Waals surface area contributed by atoms with Gasteiger partial charge in [-0.1, -0.05) is 0 Å². The summed E-state index contributed by atoms with van der Waals surface area (Å²) in [7, 11) is -2.28. The van der Waals surface area contributed by atoms with Crippen LogP contribution in [0.2, 0.25) is 0 Å². The van der Waals surface area contributed by atoms with Gasteiger partial charge in [-0.15, -0.1) is 0 Å². The van der Waals surface area contributed by atoms with Gasteiger partial charge in [0.2, 0.25) is 10.0 Å². The highest BCUT2D eigenvalue weighted by atomic mass is 32.2. The molecule has 6 nitrogen and oxygen atoms in total. The van der Waals surface area contributed by atoms with E-state index in [-0.39, 0.29) is 16.6 Å². The quantitative estimate of drug-likeness (QED) is 0.805. The Hall–Kier alpha value is -1.34. The monoisotopic (exact) mass is 246 g/mol. The third-order valence-electron chi connectivity index (χ3n) is 1.92. The van der Waals surface area contributed by atoms with Gasteiger partial charge in [-0.25, -0.2) is 17.9 Å². The summed E-state index contributed by atoms with van der Waals surface area (Å²) in [4.78, 5) is 10.7. The number of hydrogen-bond donors (Lipinski definition) is 2. The van der Waals surface area contributed by atoms with E-state index < -0.39 is 16.0 Å². The van der Waals surface area contributed by atoms with Crippen LogP contribution in [0.3, 0.4) is 0 Å². The second kappa shape index (κ2) is 4.26. The molecule has 90 valence electrons. The highest BCUT2D eigenvalue weighted by molar-refractivity contribution is 7.89. The molecule has 0 fully saturated rings. The van der Waals surface area contributed by atoms with Gasteiger partial charge in [0.25, 0.3) is 0 Å². The van der Waals surface area contributed by atoms with Crippen molar-refractivity contribution in [2.24, 2.45) is 7.05 Å². The maximum absolute atomic E-state index is 11.8. The number of hydrogen-bond acceptors (Lipinski definition) is 3. The summed E-state index contributed by atoms with van der Waals surface area (Å²) in [5.41, 5.74) is -0.242. The Morgan fingerprint density at radius 3 is 2.50 bits per heavy atom. The molecule has 0 aliphatic rings. The van der Waals surface area contributed by atoms with E-state index in [0.29, 0.717) is 0 Å². The number of carboxylic acids is 1. The summed E-state index contributed by atoms with van der Waals surface area (Å²) in [6, 6.07) is 0.987. The average molecular weight is 246 g/mol. The van der Waals surface area contributed by atoms with Gasteiger partial charge in [0, 0.05) is 19.3 Å². The third-order valence-corrected chi connectivity index (χ3v) is 3.61. The van der Waals surface area contributed by atoms with Crippen molar-refractivity contribution < 1.29 is 18.3 Å². The first-order valence-electron chi connectivity index (χ1n) is 4.66. The molecule has 1 aromatic rings. The van der Waals surface area contributed by atoms with E-state index in [1.54, 1.807) is 13.8 Å². The van der Waals surface area contributed by atoms with Crippen LogP contribution in [-0.4, -0.2) is 30.1 Å². The van der Waals surface area contributed by atoms with Crippen molar-refractivity contribution in [1.29, 1.82) is 0 Å². The minimum atomic E-state index is -3.77. The molecule has 0 aliphatic heterocycles. The fourth-order valence-electron chi connectivity index (χ4n) is 1.35. The molecule has 0 aliphatic carbocycles. The van der Waals surface area contributed by atoms with E-state index in [9.17, 15) is 13.2 Å². The zero-order valence-electron chi connectivity index (χ0n) is 9.26. The normalized spacial score (nSPS) is 12.0. The van der Waals surface area contributed by atoms with Gasteiger partial charge in [0.1, 0.15) is 10.6 Å². The average Bonchev–Trinajstić information content (AvgIpc) is 2.44. The smallest absolute Gasteiger partial charge is 0.353 e. The van der Waals surface area contributed by atoms with E-state index in [2.05, 4.69) is 4.72 Å². The van der Waals surface area contributed by atoms with Gasteiger partial charge in [0.05, 0.1) is 0 Å². The predicted molar refractivity (Wildman–Crippen MR) is 57.8 cm³/mol. The lowest BCUT2D eigenvalue weighted by molar-refractivity contribution is 0.0682. The molecule has 0 atom stereocenters. The van der Waals surface area contributed by atoms with Crippen LogP contribution in [0.4, 0.5) is 0 Å². The van der Waals surface area contributed by atoms with Crippen LogP contribution in [0.25, 0.3) is 0 Å². The number of carbonyl (C=O) groups is 1. The number of sulfonamides is 1. The first kappa shape index (κ1) is 12.7. The largest absolute Gasteiger partial charge is 0.477 e. The standard InChI is InChI=1S/C9H14N2O4S/c1-6(2)10-16(14,15)7-4-5-11(3)8(7)9(12)13/h4-6,10H,1-3H3,(H,12,13). The van der Waals surface area contributed by atoms with Crippen molar-refractivity contribution in [3.63, 3.8) is 0 Å². The maximum Gasteiger partial charge on any atom is 0.353 e. The van der Waals surface area contributed by atoms with Crippen LogP contribution in [0, 0.1) is 0 Å². The lowest BCUT2D eigenvalue weighted by Gasteiger charge is -2.09. The molecule has 1 heterocycles. The van der Waals surface area contributed by atoms with E-state index in [4.69, 9.17) is 5.11 Å². The summed E-state index contributed by atoms with van der Waals surface area (Å²) >= 11 is 0. The van der Waals surface area contributed by atoms with Crippen LogP contribution >= 0.6 is 0 Å². The maximum atomic E-state index is 11.8. The number of aromatic carboxylic acids is 1. The summed E-state index contributed by atoms with van der Waals surface area (Å²) < 4.78 is 27.2. The molecule has 16 heavy (non-hydrogen) atoms. The highest BCUT2D eigenvalue weighted by Crippen LogP contribution is 2.16. The second-order valence-electron chi connectivity index (χ2n) is 3.72. The summed E-state index contributed by atoms with van der Waals surface area (Å²) in [6.45, 7) is 3.34. The predicted octanol–water partition coefficient (Wildman–Crippen LogP) is 0.410. The highest BCUT2D eigenvalue weighted by Gasteiger charge is 2.25. The molecule has 0 saturated carbocycles. The van der Waals surface area contributed by atoms with Crippen LogP contribution in [0.1, 0.15) is 24.3 Å². The van der Waals surface area contributed by atoms with Crippen LogP contribution < -0.4 is 4.72 Å². The zero-order chi connectivity index (χ0) is 12.5. The number of rotatable bonds is 4. The number of aromatic nitrogens is 1. The van der Waals surface area contributed by atoms with Crippen LogP contribution in [0.5, 0.6) is 0 Å². The van der Waals surface area contributed by atoms with Crippen molar-refractivity contribution in [1.82, 2.24) is 9.29 Å². The number of nitrogens with zero attached hydrogens (tertiary/aromatic N) is 1. The van der Waals surface area contributed by atoms with Crippen LogP contribution in [-0.2, 0) is 17.1 Å². The second-order valence-corrected chi connectivity index (χ2v) is 5.40. The molecule has 1 aromatic heterocycles. The van der Waals surface area contributed by atoms with Gasteiger partial charge in [-0.05, 0) is 19.9 Å². The van der Waals surface area contributed by atoms with Gasteiger partial charge in [-0.2, -0.15) is 0 Å². The van der Waals surface area contributed by atoms with Crippen molar-refractivity contribution in [2.75, 3.05) is 0 Å². The van der Waals surface area contributed by atoms with Gasteiger partial charge in [-0.3, -0.25) is 0 Å². The van der Waals surface area contributed by atoms with Gasteiger partial charge in [0.15, 0.2) is 0 Å². The zero-order valence-corrected chi connectivity index (χ0v) is 10.1. The Morgan fingerprint density at radius 2 is 2.06 bits per heavy atom. The first-order valence-corrected chi connectivity index (χ1v) is 6.15. The first-order chi connectivity index (χ1) is 7.25. The number of aryl methyl sites for hydroxylation is 1. The summed E-state index contributed by atoms with van der Waals surface area (Å²) in [6.07, 6.45) is 1.40. The van der Waals surface area contributed by atoms with Crippen molar-refractivity contribution >= 4 is 16.0 Å². The molecule has 0 amide bonds. The van der Waals surface area contributed by atoms with Gasteiger partial charge >= 0.3 is 5.97 Å². The molecule has 0 bridgehead atoms. The Labute approximate surface area is 93.9 Å². The van der Waals surface area contributed by atoms with E-state index in [0.717, 1.165) is 0 Å². The molecule has 0 aromatic carbocycles. The molecular formula is C9H14N2O4S. The minimum Gasteiger partial charge on any atom is -0.477 e. The van der Waals surface area contributed by atoms with E-state index in [1.165, 1.54) is 23.9 Å². The Kier molecular flexibility index (Phi) is 3.39. The summed E-state index contributed by atoms with van der Waals surface area (Å²) in [5.74, 6) is -1.27. The SMILES string of the molecule is CC(C)NS(=O)(=O)c1ccn(C)c1C(=O)O. The molecular weight excluding hydrogens is 232 g/mol. The van der Waals surface area contributed by atoms with Crippen molar-refractivity contribution in [3.05, 3.63) is 18.0 Å².